The summed E-state index contributed by atoms with van der Waals surface area (Å²) in [6, 6.07) is 0.336. The van der Waals surface area contributed by atoms with Gasteiger partial charge in [0, 0.05) is 26.1 Å². The molecule has 1 atom stereocenters. The van der Waals surface area contributed by atoms with Gasteiger partial charge in [-0.2, -0.15) is 0 Å². The second-order valence-corrected chi connectivity index (χ2v) is 5.59. The molecule has 0 aliphatic rings. The van der Waals surface area contributed by atoms with Crippen molar-refractivity contribution in [2.45, 2.75) is 53.0 Å². The van der Waals surface area contributed by atoms with Crippen LogP contribution in [0.2, 0.25) is 0 Å². The van der Waals surface area contributed by atoms with Crippen molar-refractivity contribution in [3.63, 3.8) is 0 Å². The molecule has 0 aromatic heterocycles. The number of unbranched alkanes of at least 4 members (excludes halogenated alkanes) is 1. The molecule has 0 aromatic rings. The maximum absolute atomic E-state index is 11.8. The van der Waals surface area contributed by atoms with E-state index < -0.39 is 0 Å². The number of hydrogen-bond donors (Lipinski definition) is 1. The predicted octanol–water partition coefficient (Wildman–Crippen LogP) is 2.27. The van der Waals surface area contributed by atoms with Crippen molar-refractivity contribution >= 4 is 5.91 Å². The molecule has 0 saturated heterocycles. The number of carbonyl (C=O) groups is 1. The smallest absolute Gasteiger partial charge is 0.222 e. The van der Waals surface area contributed by atoms with Crippen LogP contribution in [0.25, 0.3) is 0 Å². The Labute approximate surface area is 101 Å². The molecule has 0 saturated carbocycles. The van der Waals surface area contributed by atoms with Crippen LogP contribution in [-0.4, -0.2) is 37.5 Å². The molecule has 0 aliphatic carbocycles. The second kappa shape index (κ2) is 6.89. The van der Waals surface area contributed by atoms with Gasteiger partial charge in [-0.3, -0.25) is 4.79 Å². The van der Waals surface area contributed by atoms with E-state index in [9.17, 15) is 4.79 Å². The highest BCUT2D eigenvalue weighted by Gasteiger charge is 2.25. The molecule has 0 rings (SSSR count). The summed E-state index contributed by atoms with van der Waals surface area (Å²) in [5, 5.41) is 3.29. The van der Waals surface area contributed by atoms with E-state index in [0.717, 1.165) is 19.4 Å². The van der Waals surface area contributed by atoms with E-state index >= 15 is 0 Å². The topological polar surface area (TPSA) is 32.3 Å². The van der Waals surface area contributed by atoms with Crippen LogP contribution in [0.4, 0.5) is 0 Å². The number of carbonyl (C=O) groups excluding carboxylic acids is 1. The van der Waals surface area contributed by atoms with Crippen LogP contribution in [0.1, 0.15) is 47.0 Å². The van der Waals surface area contributed by atoms with E-state index in [4.69, 9.17) is 0 Å². The van der Waals surface area contributed by atoms with E-state index in [1.165, 1.54) is 0 Å². The number of nitrogens with zero attached hydrogens (tertiary/aromatic N) is 1. The molecule has 3 heteroatoms. The summed E-state index contributed by atoms with van der Waals surface area (Å²) >= 11 is 0. The molecular formula is C13H28N2O. The fourth-order valence-corrected chi connectivity index (χ4v) is 1.69. The van der Waals surface area contributed by atoms with E-state index in [1.807, 2.05) is 19.0 Å². The zero-order valence-corrected chi connectivity index (χ0v) is 11.8. The minimum absolute atomic E-state index is 0.175. The Bertz CT molecular complexity index is 208. The van der Waals surface area contributed by atoms with Crippen LogP contribution >= 0.6 is 0 Å². The van der Waals surface area contributed by atoms with E-state index in [0.29, 0.717) is 12.5 Å². The lowest BCUT2D eigenvalue weighted by Gasteiger charge is -2.33. The van der Waals surface area contributed by atoms with Gasteiger partial charge in [-0.15, -0.1) is 0 Å². The Hall–Kier alpha value is -0.570. The molecule has 1 unspecified atom stereocenters. The highest BCUT2D eigenvalue weighted by atomic mass is 16.2. The van der Waals surface area contributed by atoms with Crippen LogP contribution in [0, 0.1) is 5.41 Å². The van der Waals surface area contributed by atoms with Gasteiger partial charge in [-0.25, -0.2) is 0 Å². The summed E-state index contributed by atoms with van der Waals surface area (Å²) in [5.74, 6) is 0.256. The molecule has 16 heavy (non-hydrogen) atoms. The maximum atomic E-state index is 11.8. The molecule has 0 aliphatic heterocycles. The minimum atomic E-state index is 0.175. The van der Waals surface area contributed by atoms with Gasteiger partial charge in [-0.1, -0.05) is 34.1 Å². The lowest BCUT2D eigenvalue weighted by Crippen LogP contribution is -2.47. The van der Waals surface area contributed by atoms with Gasteiger partial charge < -0.3 is 10.2 Å². The molecule has 96 valence electrons. The Balaban J connectivity index is 4.20. The van der Waals surface area contributed by atoms with Gasteiger partial charge in [0.25, 0.3) is 0 Å². The Kier molecular flexibility index (Phi) is 6.65. The van der Waals surface area contributed by atoms with E-state index in [2.05, 4.69) is 33.0 Å². The molecule has 1 amide bonds. The first kappa shape index (κ1) is 15.4. The van der Waals surface area contributed by atoms with Gasteiger partial charge in [0.15, 0.2) is 0 Å². The van der Waals surface area contributed by atoms with Crippen molar-refractivity contribution < 1.29 is 4.79 Å². The third-order valence-electron chi connectivity index (χ3n) is 3.02. The van der Waals surface area contributed by atoms with Crippen molar-refractivity contribution in [1.29, 1.82) is 0 Å². The maximum Gasteiger partial charge on any atom is 0.222 e. The van der Waals surface area contributed by atoms with E-state index in [1.54, 1.807) is 0 Å². The Morgan fingerprint density at radius 3 is 2.31 bits per heavy atom. The van der Waals surface area contributed by atoms with Crippen LogP contribution in [0.3, 0.4) is 0 Å². The second-order valence-electron chi connectivity index (χ2n) is 5.59. The molecular weight excluding hydrogens is 200 g/mol. The zero-order chi connectivity index (χ0) is 12.8. The fraction of sp³-hybridized carbons (Fsp3) is 0.923. The van der Waals surface area contributed by atoms with Crippen LogP contribution < -0.4 is 5.32 Å². The summed E-state index contributed by atoms with van der Waals surface area (Å²) in [7, 11) is 3.86. The van der Waals surface area contributed by atoms with Crippen LogP contribution in [-0.2, 0) is 4.79 Å². The van der Waals surface area contributed by atoms with Gasteiger partial charge in [0.2, 0.25) is 5.91 Å². The molecule has 0 aromatic carbocycles. The average molecular weight is 228 g/mol. The van der Waals surface area contributed by atoms with Crippen LogP contribution in [0.15, 0.2) is 0 Å². The van der Waals surface area contributed by atoms with Gasteiger partial charge >= 0.3 is 0 Å². The summed E-state index contributed by atoms with van der Waals surface area (Å²) in [4.78, 5) is 13.6. The van der Waals surface area contributed by atoms with Crippen molar-refractivity contribution in [3.05, 3.63) is 0 Å². The number of nitrogens with one attached hydrogen (secondary N) is 1. The van der Waals surface area contributed by atoms with Crippen molar-refractivity contribution in [3.8, 4) is 0 Å². The number of hydrogen-bond acceptors (Lipinski definition) is 2. The predicted molar refractivity (Wildman–Crippen MR) is 69.5 cm³/mol. The molecule has 0 heterocycles. The Morgan fingerprint density at radius 2 is 1.94 bits per heavy atom. The third kappa shape index (κ3) is 5.50. The normalized spacial score (nSPS) is 13.6. The van der Waals surface area contributed by atoms with Gasteiger partial charge in [-0.05, 0) is 18.9 Å². The van der Waals surface area contributed by atoms with Crippen molar-refractivity contribution in [2.24, 2.45) is 5.41 Å². The molecule has 0 bridgehead atoms. The summed E-state index contributed by atoms with van der Waals surface area (Å²) in [6.07, 6.45) is 2.74. The standard InChI is InChI=1S/C13H28N2O/c1-7-8-9-12(16)15(6)10-11(14-5)13(2,3)4/h11,14H,7-10H2,1-6H3. The van der Waals surface area contributed by atoms with Crippen molar-refractivity contribution in [1.82, 2.24) is 10.2 Å². The first-order chi connectivity index (χ1) is 7.32. The lowest BCUT2D eigenvalue weighted by atomic mass is 9.86. The highest BCUT2D eigenvalue weighted by Crippen LogP contribution is 2.19. The van der Waals surface area contributed by atoms with Gasteiger partial charge in [0.1, 0.15) is 0 Å². The number of amides is 1. The fourth-order valence-electron chi connectivity index (χ4n) is 1.69. The first-order valence-corrected chi connectivity index (χ1v) is 6.24. The monoisotopic (exact) mass is 228 g/mol. The highest BCUT2D eigenvalue weighted by molar-refractivity contribution is 5.75. The van der Waals surface area contributed by atoms with E-state index in [-0.39, 0.29) is 11.3 Å². The summed E-state index contributed by atoms with van der Waals surface area (Å²) in [6.45, 7) is 9.47. The molecule has 1 N–H and O–H groups in total. The Morgan fingerprint density at radius 1 is 1.38 bits per heavy atom. The molecule has 0 fully saturated rings. The minimum Gasteiger partial charge on any atom is -0.344 e. The molecule has 0 spiro atoms. The largest absolute Gasteiger partial charge is 0.344 e. The number of likely N-dealkylation sites (N-methyl/N-ethyl adjacent to an activating group) is 2. The summed E-state index contributed by atoms with van der Waals surface area (Å²) < 4.78 is 0. The first-order valence-electron chi connectivity index (χ1n) is 6.24. The van der Waals surface area contributed by atoms with Gasteiger partial charge in [0.05, 0.1) is 0 Å². The SMILES string of the molecule is CCCCC(=O)N(C)CC(NC)C(C)(C)C. The quantitative estimate of drug-likeness (QED) is 0.756. The lowest BCUT2D eigenvalue weighted by molar-refractivity contribution is -0.130. The average Bonchev–Trinajstić information content (AvgIpc) is 2.20. The molecule has 3 nitrogen and oxygen atoms in total. The summed E-state index contributed by atoms with van der Waals surface area (Å²) in [5.41, 5.74) is 0.175. The molecule has 0 radical (unpaired) electrons. The van der Waals surface area contributed by atoms with Crippen LogP contribution in [0.5, 0.6) is 0 Å². The zero-order valence-electron chi connectivity index (χ0n) is 11.8. The van der Waals surface area contributed by atoms with Crippen molar-refractivity contribution in [2.75, 3.05) is 20.6 Å². The number of rotatable bonds is 6. The third-order valence-corrected chi connectivity index (χ3v) is 3.02.